The fourth-order valence-corrected chi connectivity index (χ4v) is 1.96. The molecule has 3 aromatic rings. The molecule has 3 rings (SSSR count). The number of hydrogen-bond donors (Lipinski definition) is 2. The number of rotatable bonds is 4. The van der Waals surface area contributed by atoms with Gasteiger partial charge in [0, 0.05) is 18.5 Å². The molecule has 0 spiro atoms. The Morgan fingerprint density at radius 3 is 2.48 bits per heavy atom. The molecule has 0 saturated heterocycles. The van der Waals surface area contributed by atoms with Crippen molar-refractivity contribution in [3.05, 3.63) is 72.2 Å². The number of carbonyl (C=O) groups is 2. The van der Waals surface area contributed by atoms with E-state index in [1.54, 1.807) is 16.9 Å². The quantitative estimate of drug-likeness (QED) is 0.770. The highest BCUT2D eigenvalue weighted by molar-refractivity contribution is 6.03. The summed E-state index contributed by atoms with van der Waals surface area (Å²) in [6.45, 7) is 0. The number of aromatic nitrogens is 3. The Kier molecular flexibility index (Phi) is 3.84. The van der Waals surface area contributed by atoms with Gasteiger partial charge in [-0.25, -0.2) is 14.5 Å². The van der Waals surface area contributed by atoms with Crippen molar-refractivity contribution < 1.29 is 14.7 Å². The lowest BCUT2D eigenvalue weighted by Crippen LogP contribution is -2.13. The molecule has 0 radical (unpaired) electrons. The lowest BCUT2D eigenvalue weighted by Gasteiger charge is -2.03. The average molecular weight is 308 g/mol. The lowest BCUT2D eigenvalue weighted by atomic mass is 10.2. The normalized spacial score (nSPS) is 10.3. The first-order chi connectivity index (χ1) is 11.1. The Morgan fingerprint density at radius 2 is 1.83 bits per heavy atom. The van der Waals surface area contributed by atoms with E-state index in [2.05, 4.69) is 15.4 Å². The van der Waals surface area contributed by atoms with Gasteiger partial charge in [-0.2, -0.15) is 5.10 Å². The molecular formula is C16H12N4O3. The van der Waals surface area contributed by atoms with E-state index in [0.29, 0.717) is 5.82 Å². The number of carboxylic acids is 1. The summed E-state index contributed by atoms with van der Waals surface area (Å²) in [5.74, 6) is -1.16. The van der Waals surface area contributed by atoms with E-state index < -0.39 is 11.9 Å². The molecular weight excluding hydrogens is 296 g/mol. The van der Waals surface area contributed by atoms with E-state index >= 15 is 0 Å². The van der Waals surface area contributed by atoms with Gasteiger partial charge >= 0.3 is 5.97 Å². The molecule has 0 aliphatic carbocycles. The van der Waals surface area contributed by atoms with Gasteiger partial charge < -0.3 is 10.4 Å². The van der Waals surface area contributed by atoms with Gasteiger partial charge in [0.05, 0.1) is 11.3 Å². The highest BCUT2D eigenvalue weighted by Crippen LogP contribution is 2.11. The van der Waals surface area contributed by atoms with Crippen LogP contribution >= 0.6 is 0 Å². The Labute approximate surface area is 131 Å². The summed E-state index contributed by atoms with van der Waals surface area (Å²) < 4.78 is 1.64. The molecule has 7 heteroatoms. The molecule has 23 heavy (non-hydrogen) atoms. The summed E-state index contributed by atoms with van der Waals surface area (Å²) in [7, 11) is 0. The summed E-state index contributed by atoms with van der Waals surface area (Å²) in [5, 5.41) is 15.7. The molecule has 1 amide bonds. The van der Waals surface area contributed by atoms with Gasteiger partial charge in [0.25, 0.3) is 5.91 Å². The molecule has 0 saturated carbocycles. The van der Waals surface area contributed by atoms with Crippen LogP contribution in [-0.4, -0.2) is 31.7 Å². The zero-order valence-corrected chi connectivity index (χ0v) is 11.9. The maximum absolute atomic E-state index is 12.1. The molecule has 0 unspecified atom stereocenters. The van der Waals surface area contributed by atoms with Crippen LogP contribution in [0.25, 0.3) is 5.69 Å². The zero-order valence-electron chi connectivity index (χ0n) is 11.9. The molecule has 0 fully saturated rings. The van der Waals surface area contributed by atoms with Crippen LogP contribution < -0.4 is 5.32 Å². The van der Waals surface area contributed by atoms with E-state index in [4.69, 9.17) is 5.11 Å². The maximum Gasteiger partial charge on any atom is 0.354 e. The largest absolute Gasteiger partial charge is 0.477 e. The average Bonchev–Trinajstić information content (AvgIpc) is 3.04. The minimum atomic E-state index is -1.14. The van der Waals surface area contributed by atoms with E-state index in [9.17, 15) is 9.59 Å². The first-order valence-electron chi connectivity index (χ1n) is 6.75. The van der Waals surface area contributed by atoms with Crippen LogP contribution in [0.1, 0.15) is 20.8 Å². The first kappa shape index (κ1) is 14.5. The third-order valence-electron chi connectivity index (χ3n) is 3.10. The van der Waals surface area contributed by atoms with E-state index in [1.807, 2.05) is 30.3 Å². The SMILES string of the molecule is O=C(Nc1ccn(-c2ccccc2)n1)c1ccc(C(=O)O)nc1. The number of carboxylic acid groups (broad SMARTS) is 1. The van der Waals surface area contributed by atoms with Crippen molar-refractivity contribution in [2.75, 3.05) is 5.32 Å². The zero-order chi connectivity index (χ0) is 16.2. The lowest BCUT2D eigenvalue weighted by molar-refractivity contribution is 0.0690. The number of nitrogens with one attached hydrogen (secondary N) is 1. The maximum atomic E-state index is 12.1. The summed E-state index contributed by atoms with van der Waals surface area (Å²) in [4.78, 5) is 26.5. The van der Waals surface area contributed by atoms with Crippen LogP contribution in [0.3, 0.4) is 0 Å². The number of pyridine rings is 1. The van der Waals surface area contributed by atoms with Crippen molar-refractivity contribution in [3.8, 4) is 5.69 Å². The van der Waals surface area contributed by atoms with Crippen molar-refractivity contribution >= 4 is 17.7 Å². The number of para-hydroxylation sites is 1. The summed E-state index contributed by atoms with van der Waals surface area (Å²) in [5.41, 5.74) is 1.01. The van der Waals surface area contributed by atoms with E-state index in [0.717, 1.165) is 5.69 Å². The highest BCUT2D eigenvalue weighted by atomic mass is 16.4. The number of hydrogen-bond acceptors (Lipinski definition) is 4. The van der Waals surface area contributed by atoms with Crippen molar-refractivity contribution in [1.29, 1.82) is 0 Å². The second-order valence-corrected chi connectivity index (χ2v) is 4.67. The third kappa shape index (κ3) is 3.24. The van der Waals surface area contributed by atoms with Crippen LogP contribution in [0.2, 0.25) is 0 Å². The Morgan fingerprint density at radius 1 is 1.04 bits per heavy atom. The number of carbonyl (C=O) groups excluding carboxylic acids is 1. The molecule has 114 valence electrons. The number of nitrogens with zero attached hydrogens (tertiary/aromatic N) is 3. The fourth-order valence-electron chi connectivity index (χ4n) is 1.96. The van der Waals surface area contributed by atoms with Gasteiger partial charge in [0.2, 0.25) is 0 Å². The van der Waals surface area contributed by atoms with Crippen LogP contribution in [0, 0.1) is 0 Å². The van der Waals surface area contributed by atoms with Gasteiger partial charge in [-0.3, -0.25) is 4.79 Å². The van der Waals surface area contributed by atoms with Gasteiger partial charge in [0.15, 0.2) is 5.82 Å². The number of amides is 1. The first-order valence-corrected chi connectivity index (χ1v) is 6.75. The number of benzene rings is 1. The third-order valence-corrected chi connectivity index (χ3v) is 3.10. The summed E-state index contributed by atoms with van der Waals surface area (Å²) >= 11 is 0. The van der Waals surface area contributed by atoms with Crippen LogP contribution in [0.15, 0.2) is 60.9 Å². The molecule has 2 aromatic heterocycles. The van der Waals surface area contributed by atoms with Crippen LogP contribution in [0.5, 0.6) is 0 Å². The van der Waals surface area contributed by atoms with Crippen molar-refractivity contribution in [1.82, 2.24) is 14.8 Å². The Balaban J connectivity index is 1.73. The van der Waals surface area contributed by atoms with Crippen molar-refractivity contribution in [3.63, 3.8) is 0 Å². The van der Waals surface area contributed by atoms with Gasteiger partial charge in [-0.1, -0.05) is 18.2 Å². The van der Waals surface area contributed by atoms with Gasteiger partial charge in [-0.05, 0) is 24.3 Å². The molecule has 1 aromatic carbocycles. The fraction of sp³-hybridized carbons (Fsp3) is 0. The Hall–Kier alpha value is -3.48. The molecule has 7 nitrogen and oxygen atoms in total. The summed E-state index contributed by atoms with van der Waals surface area (Å²) in [6, 6.07) is 13.8. The van der Waals surface area contributed by atoms with Crippen molar-refractivity contribution in [2.45, 2.75) is 0 Å². The monoisotopic (exact) mass is 308 g/mol. The standard InChI is InChI=1S/C16H12N4O3/c21-15(11-6-7-13(16(22)23)17-10-11)18-14-8-9-20(19-14)12-4-2-1-3-5-12/h1-10H,(H,22,23)(H,18,19,21). The van der Waals surface area contributed by atoms with E-state index in [-0.39, 0.29) is 11.3 Å². The van der Waals surface area contributed by atoms with E-state index in [1.165, 1.54) is 18.3 Å². The number of aromatic carboxylic acids is 1. The van der Waals surface area contributed by atoms with Crippen LogP contribution in [-0.2, 0) is 0 Å². The molecule has 0 atom stereocenters. The molecule has 0 aliphatic heterocycles. The second kappa shape index (κ2) is 6.10. The molecule has 2 heterocycles. The Bertz CT molecular complexity index is 841. The van der Waals surface area contributed by atoms with Crippen LogP contribution in [0.4, 0.5) is 5.82 Å². The minimum Gasteiger partial charge on any atom is -0.477 e. The van der Waals surface area contributed by atoms with Crippen molar-refractivity contribution in [2.24, 2.45) is 0 Å². The van der Waals surface area contributed by atoms with Gasteiger partial charge in [-0.15, -0.1) is 0 Å². The smallest absolute Gasteiger partial charge is 0.354 e. The predicted octanol–water partition coefficient (Wildman–Crippen LogP) is 2.22. The summed E-state index contributed by atoms with van der Waals surface area (Å²) in [6.07, 6.45) is 2.95. The molecule has 0 aliphatic rings. The second-order valence-electron chi connectivity index (χ2n) is 4.67. The molecule has 0 bridgehead atoms. The van der Waals surface area contributed by atoms with Gasteiger partial charge in [0.1, 0.15) is 5.69 Å². The predicted molar refractivity (Wildman–Crippen MR) is 82.7 cm³/mol. The highest BCUT2D eigenvalue weighted by Gasteiger charge is 2.11. The number of anilines is 1. The minimum absolute atomic E-state index is 0.116. The topological polar surface area (TPSA) is 97.1 Å². The molecule has 2 N–H and O–H groups in total.